The Kier molecular flexibility index (Phi) is 4.65. The molecule has 1 aromatic rings. The summed E-state index contributed by atoms with van der Waals surface area (Å²) in [6.45, 7) is 9.25. The van der Waals surface area contributed by atoms with Crippen molar-refractivity contribution >= 4 is 11.5 Å². The Morgan fingerprint density at radius 1 is 1.28 bits per heavy atom. The predicted molar refractivity (Wildman–Crippen MR) is 70.5 cm³/mol. The van der Waals surface area contributed by atoms with Gasteiger partial charge in [0.15, 0.2) is 0 Å². The second-order valence-corrected chi connectivity index (χ2v) is 5.17. The van der Waals surface area contributed by atoms with Crippen molar-refractivity contribution in [1.82, 2.24) is 0 Å². The van der Waals surface area contributed by atoms with Crippen molar-refractivity contribution in [1.29, 1.82) is 0 Å². The molecule has 0 fully saturated rings. The first-order valence-corrected chi connectivity index (χ1v) is 5.94. The van der Waals surface area contributed by atoms with Crippen molar-refractivity contribution in [3.63, 3.8) is 0 Å². The molecule has 0 aromatic heterocycles. The van der Waals surface area contributed by atoms with Crippen molar-refractivity contribution in [2.45, 2.75) is 39.2 Å². The van der Waals surface area contributed by atoms with Crippen molar-refractivity contribution in [3.8, 4) is 0 Å². The largest absolute Gasteiger partial charge is 0.460 e. The van der Waals surface area contributed by atoms with Gasteiger partial charge in [-0.25, -0.2) is 4.39 Å². The van der Waals surface area contributed by atoms with E-state index in [4.69, 9.17) is 4.74 Å². The average Bonchev–Trinajstić information content (AvgIpc) is 2.24. The molecule has 18 heavy (non-hydrogen) atoms. The van der Waals surface area contributed by atoms with Gasteiger partial charge in [0, 0.05) is 12.0 Å². The van der Waals surface area contributed by atoms with Crippen LogP contribution in [0.25, 0.3) is 5.57 Å². The van der Waals surface area contributed by atoms with Gasteiger partial charge in [0.25, 0.3) is 0 Å². The van der Waals surface area contributed by atoms with Gasteiger partial charge < -0.3 is 4.74 Å². The third-order valence-corrected chi connectivity index (χ3v) is 2.31. The van der Waals surface area contributed by atoms with Crippen LogP contribution in [0.15, 0.2) is 30.8 Å². The highest BCUT2D eigenvalue weighted by molar-refractivity contribution is 5.74. The molecule has 0 saturated heterocycles. The number of ether oxygens (including phenoxy) is 1. The Morgan fingerprint density at radius 2 is 1.89 bits per heavy atom. The summed E-state index contributed by atoms with van der Waals surface area (Å²) in [5.74, 6) is -0.605. The van der Waals surface area contributed by atoms with Gasteiger partial charge in [-0.15, -0.1) is 0 Å². The lowest BCUT2D eigenvalue weighted by atomic mass is 10.0. The summed E-state index contributed by atoms with van der Waals surface area (Å²) in [7, 11) is 0. The first-order valence-electron chi connectivity index (χ1n) is 5.94. The molecule has 2 nitrogen and oxygen atoms in total. The number of benzene rings is 1. The molecular weight excluding hydrogens is 231 g/mol. The molecule has 0 atom stereocenters. The third-order valence-electron chi connectivity index (χ3n) is 2.31. The SMILES string of the molecule is C=C(CCC(=O)OC(C)(C)C)c1ccccc1F. The van der Waals surface area contributed by atoms with Gasteiger partial charge in [0.2, 0.25) is 0 Å². The number of allylic oxidation sites excluding steroid dienone is 1. The van der Waals surface area contributed by atoms with Crippen LogP contribution in [0.1, 0.15) is 39.2 Å². The van der Waals surface area contributed by atoms with Gasteiger partial charge in [-0.1, -0.05) is 24.8 Å². The highest BCUT2D eigenvalue weighted by Crippen LogP contribution is 2.21. The third kappa shape index (κ3) is 4.70. The Bertz CT molecular complexity index is 444. The van der Waals surface area contributed by atoms with Crippen LogP contribution in [0, 0.1) is 5.82 Å². The van der Waals surface area contributed by atoms with Crippen molar-refractivity contribution in [2.24, 2.45) is 0 Å². The van der Waals surface area contributed by atoms with E-state index in [9.17, 15) is 9.18 Å². The summed E-state index contributed by atoms with van der Waals surface area (Å²) in [5, 5.41) is 0. The van der Waals surface area contributed by atoms with Gasteiger partial charge in [-0.2, -0.15) is 0 Å². The van der Waals surface area contributed by atoms with Gasteiger partial charge in [0.1, 0.15) is 11.4 Å². The predicted octanol–water partition coefficient (Wildman–Crippen LogP) is 3.96. The number of carbonyl (C=O) groups excluding carboxylic acids is 1. The minimum Gasteiger partial charge on any atom is -0.460 e. The van der Waals surface area contributed by atoms with Crippen molar-refractivity contribution in [3.05, 3.63) is 42.2 Å². The van der Waals surface area contributed by atoms with Crippen LogP contribution in [0.4, 0.5) is 4.39 Å². The van der Waals surface area contributed by atoms with Gasteiger partial charge >= 0.3 is 5.97 Å². The molecular formula is C15H19FO2. The molecule has 1 aromatic carbocycles. The molecule has 3 heteroatoms. The van der Waals surface area contributed by atoms with Crippen LogP contribution >= 0.6 is 0 Å². The van der Waals surface area contributed by atoms with E-state index in [1.165, 1.54) is 6.07 Å². The molecule has 1 rings (SSSR count). The van der Waals surface area contributed by atoms with Crippen molar-refractivity contribution in [2.75, 3.05) is 0 Å². The Hall–Kier alpha value is -1.64. The summed E-state index contributed by atoms with van der Waals surface area (Å²) in [4.78, 5) is 11.5. The molecule has 0 amide bonds. The highest BCUT2D eigenvalue weighted by Gasteiger charge is 2.16. The molecule has 0 aliphatic heterocycles. The molecule has 0 radical (unpaired) electrons. The topological polar surface area (TPSA) is 26.3 Å². The summed E-state index contributed by atoms with van der Waals surface area (Å²) in [6, 6.07) is 6.41. The lowest BCUT2D eigenvalue weighted by molar-refractivity contribution is -0.154. The fourth-order valence-corrected chi connectivity index (χ4v) is 1.53. The quantitative estimate of drug-likeness (QED) is 0.756. The molecule has 0 heterocycles. The van der Waals surface area contributed by atoms with E-state index in [1.807, 2.05) is 20.8 Å². The zero-order valence-corrected chi connectivity index (χ0v) is 11.1. The molecule has 0 aliphatic rings. The van der Waals surface area contributed by atoms with Crippen LogP contribution in [-0.4, -0.2) is 11.6 Å². The highest BCUT2D eigenvalue weighted by atomic mass is 19.1. The number of rotatable bonds is 4. The van der Waals surface area contributed by atoms with E-state index in [1.54, 1.807) is 18.2 Å². The van der Waals surface area contributed by atoms with Gasteiger partial charge in [-0.05, 0) is 38.8 Å². The number of hydrogen-bond donors (Lipinski definition) is 0. The summed E-state index contributed by atoms with van der Waals surface area (Å²) >= 11 is 0. The van der Waals surface area contributed by atoms with E-state index in [2.05, 4.69) is 6.58 Å². The number of carbonyl (C=O) groups is 1. The standard InChI is InChI=1S/C15H19FO2/c1-11(12-7-5-6-8-13(12)16)9-10-14(17)18-15(2,3)4/h5-8H,1,9-10H2,2-4H3. The molecule has 0 aliphatic carbocycles. The molecule has 98 valence electrons. The molecule has 0 unspecified atom stereocenters. The monoisotopic (exact) mass is 250 g/mol. The van der Waals surface area contributed by atoms with E-state index in [-0.39, 0.29) is 18.2 Å². The van der Waals surface area contributed by atoms with E-state index >= 15 is 0 Å². The summed E-state index contributed by atoms with van der Waals surface area (Å²) in [6.07, 6.45) is 0.611. The number of esters is 1. The van der Waals surface area contributed by atoms with Gasteiger partial charge in [0.05, 0.1) is 0 Å². The van der Waals surface area contributed by atoms with E-state index in [0.29, 0.717) is 17.6 Å². The maximum atomic E-state index is 13.5. The minimum atomic E-state index is -0.490. The first kappa shape index (κ1) is 14.4. The second-order valence-electron chi connectivity index (χ2n) is 5.17. The van der Waals surface area contributed by atoms with Gasteiger partial charge in [-0.3, -0.25) is 4.79 Å². The molecule has 0 bridgehead atoms. The van der Waals surface area contributed by atoms with Crippen LogP contribution in [0.5, 0.6) is 0 Å². The van der Waals surface area contributed by atoms with E-state index in [0.717, 1.165) is 0 Å². The normalized spacial score (nSPS) is 11.1. The summed E-state index contributed by atoms with van der Waals surface area (Å²) in [5.41, 5.74) is 0.580. The number of hydrogen-bond acceptors (Lipinski definition) is 2. The fourth-order valence-electron chi connectivity index (χ4n) is 1.53. The molecule has 0 spiro atoms. The zero-order chi connectivity index (χ0) is 13.8. The van der Waals surface area contributed by atoms with Crippen LogP contribution in [-0.2, 0) is 9.53 Å². The first-order chi connectivity index (χ1) is 8.29. The zero-order valence-electron chi connectivity index (χ0n) is 11.1. The maximum absolute atomic E-state index is 13.5. The Morgan fingerprint density at radius 3 is 2.44 bits per heavy atom. The fraction of sp³-hybridized carbons (Fsp3) is 0.400. The lowest BCUT2D eigenvalue weighted by Gasteiger charge is -2.19. The molecule has 0 saturated carbocycles. The lowest BCUT2D eigenvalue weighted by Crippen LogP contribution is -2.23. The average molecular weight is 250 g/mol. The number of halogens is 1. The van der Waals surface area contributed by atoms with Crippen LogP contribution < -0.4 is 0 Å². The smallest absolute Gasteiger partial charge is 0.306 e. The summed E-state index contributed by atoms with van der Waals surface area (Å²) < 4.78 is 18.6. The van der Waals surface area contributed by atoms with Crippen molar-refractivity contribution < 1.29 is 13.9 Å². The Balaban J connectivity index is 2.52. The van der Waals surface area contributed by atoms with E-state index < -0.39 is 5.60 Å². The Labute approximate surface area is 107 Å². The second kappa shape index (κ2) is 5.80. The minimum absolute atomic E-state index is 0.213. The van der Waals surface area contributed by atoms with Crippen LogP contribution in [0.2, 0.25) is 0 Å². The molecule has 0 N–H and O–H groups in total. The van der Waals surface area contributed by atoms with Crippen LogP contribution in [0.3, 0.4) is 0 Å². The maximum Gasteiger partial charge on any atom is 0.306 e.